The summed E-state index contributed by atoms with van der Waals surface area (Å²) in [6, 6.07) is 18.3. The second kappa shape index (κ2) is 8.35. The summed E-state index contributed by atoms with van der Waals surface area (Å²) in [6.07, 6.45) is 2.19. The van der Waals surface area contributed by atoms with Gasteiger partial charge < -0.3 is 10.6 Å². The third-order valence-corrected chi connectivity index (χ3v) is 3.62. The van der Waals surface area contributed by atoms with Crippen LogP contribution in [0.3, 0.4) is 0 Å². The van der Waals surface area contributed by atoms with Gasteiger partial charge in [-0.2, -0.15) is 0 Å². The minimum absolute atomic E-state index is 0.00802. The van der Waals surface area contributed by atoms with Gasteiger partial charge in [-0.3, -0.25) is 4.79 Å². The molecule has 0 saturated heterocycles. The van der Waals surface area contributed by atoms with E-state index in [9.17, 15) is 4.79 Å². The topological polar surface area (TPSA) is 41.1 Å². The molecule has 2 aromatic rings. The van der Waals surface area contributed by atoms with E-state index in [2.05, 4.69) is 24.5 Å². The predicted molar refractivity (Wildman–Crippen MR) is 92.9 cm³/mol. The first-order chi connectivity index (χ1) is 10.7. The molecule has 0 aromatic heterocycles. The molecule has 0 aliphatic rings. The van der Waals surface area contributed by atoms with Crippen LogP contribution in [0, 0.1) is 0 Å². The van der Waals surface area contributed by atoms with Crippen molar-refractivity contribution in [2.24, 2.45) is 0 Å². The van der Waals surface area contributed by atoms with Crippen molar-refractivity contribution in [3.8, 4) is 11.1 Å². The summed E-state index contributed by atoms with van der Waals surface area (Å²) >= 11 is 0. The van der Waals surface area contributed by atoms with Gasteiger partial charge in [-0.1, -0.05) is 61.9 Å². The van der Waals surface area contributed by atoms with Crippen LogP contribution in [0.4, 0.5) is 5.69 Å². The van der Waals surface area contributed by atoms with Crippen molar-refractivity contribution in [3.63, 3.8) is 0 Å². The Labute approximate surface area is 132 Å². The van der Waals surface area contributed by atoms with Gasteiger partial charge in [0, 0.05) is 17.3 Å². The summed E-state index contributed by atoms with van der Waals surface area (Å²) in [7, 11) is 0. The van der Waals surface area contributed by atoms with Crippen LogP contribution in [0.2, 0.25) is 0 Å². The molecular formula is C19H24N2O. The van der Waals surface area contributed by atoms with Crippen LogP contribution in [0.1, 0.15) is 26.7 Å². The fraction of sp³-hybridized carbons (Fsp3) is 0.316. The number of para-hydroxylation sites is 1. The van der Waals surface area contributed by atoms with Gasteiger partial charge in [0.2, 0.25) is 5.91 Å². The van der Waals surface area contributed by atoms with Crippen LogP contribution in [-0.4, -0.2) is 18.5 Å². The average Bonchev–Trinajstić information content (AvgIpc) is 2.55. The molecule has 0 aliphatic carbocycles. The Morgan fingerprint density at radius 2 is 1.73 bits per heavy atom. The van der Waals surface area contributed by atoms with Gasteiger partial charge in [0.15, 0.2) is 0 Å². The molecule has 2 rings (SSSR count). The number of benzene rings is 2. The fourth-order valence-electron chi connectivity index (χ4n) is 2.46. The van der Waals surface area contributed by atoms with Crippen LogP contribution in [0.5, 0.6) is 0 Å². The average molecular weight is 296 g/mol. The lowest BCUT2D eigenvalue weighted by Gasteiger charge is -2.14. The largest absolute Gasteiger partial charge is 0.324 e. The highest BCUT2D eigenvalue weighted by atomic mass is 16.1. The zero-order valence-electron chi connectivity index (χ0n) is 13.3. The number of carbonyl (C=O) groups excluding carboxylic acids is 1. The Hall–Kier alpha value is -2.13. The molecule has 0 bridgehead atoms. The van der Waals surface area contributed by atoms with Crippen LogP contribution in [0.15, 0.2) is 54.6 Å². The first-order valence-corrected chi connectivity index (χ1v) is 7.88. The molecule has 22 heavy (non-hydrogen) atoms. The summed E-state index contributed by atoms with van der Waals surface area (Å²) in [5.74, 6) is -0.00802. The second-order valence-corrected chi connectivity index (χ2v) is 5.53. The maximum atomic E-state index is 12.1. The van der Waals surface area contributed by atoms with Crippen molar-refractivity contribution in [1.82, 2.24) is 5.32 Å². The number of rotatable bonds is 7. The van der Waals surface area contributed by atoms with Gasteiger partial charge in [0.05, 0.1) is 6.54 Å². The molecule has 1 amide bonds. The molecule has 2 N–H and O–H groups in total. The van der Waals surface area contributed by atoms with E-state index in [4.69, 9.17) is 0 Å². The molecule has 116 valence electrons. The molecule has 0 heterocycles. The SMILES string of the molecule is CCC[C@H](C)NCC(=O)Nc1ccccc1-c1ccccc1. The van der Waals surface area contributed by atoms with E-state index in [1.54, 1.807) is 0 Å². The molecule has 0 spiro atoms. The Morgan fingerprint density at radius 3 is 2.45 bits per heavy atom. The van der Waals surface area contributed by atoms with E-state index < -0.39 is 0 Å². The van der Waals surface area contributed by atoms with E-state index in [0.29, 0.717) is 12.6 Å². The molecule has 3 nitrogen and oxygen atoms in total. The quantitative estimate of drug-likeness (QED) is 0.808. The van der Waals surface area contributed by atoms with Crippen LogP contribution in [0.25, 0.3) is 11.1 Å². The Balaban J connectivity index is 2.03. The smallest absolute Gasteiger partial charge is 0.238 e. The van der Waals surface area contributed by atoms with Crippen molar-refractivity contribution in [3.05, 3.63) is 54.6 Å². The van der Waals surface area contributed by atoms with Crippen LogP contribution in [-0.2, 0) is 4.79 Å². The number of hydrogen-bond donors (Lipinski definition) is 2. The molecule has 3 heteroatoms. The molecule has 0 aliphatic heterocycles. The van der Waals surface area contributed by atoms with Gasteiger partial charge in [-0.05, 0) is 25.0 Å². The minimum atomic E-state index is -0.00802. The van der Waals surface area contributed by atoms with Gasteiger partial charge in [0.25, 0.3) is 0 Å². The van der Waals surface area contributed by atoms with Gasteiger partial charge in [-0.15, -0.1) is 0 Å². The summed E-state index contributed by atoms with van der Waals surface area (Å²) in [4.78, 5) is 12.1. The van der Waals surface area contributed by atoms with E-state index in [0.717, 1.165) is 29.7 Å². The first-order valence-electron chi connectivity index (χ1n) is 7.88. The van der Waals surface area contributed by atoms with Crippen molar-refractivity contribution in [2.45, 2.75) is 32.7 Å². The molecule has 0 fully saturated rings. The summed E-state index contributed by atoms with van der Waals surface area (Å²) in [6.45, 7) is 4.59. The lowest BCUT2D eigenvalue weighted by atomic mass is 10.0. The summed E-state index contributed by atoms with van der Waals surface area (Å²) in [5, 5.41) is 6.26. The van der Waals surface area contributed by atoms with E-state index in [1.807, 2.05) is 54.6 Å². The third kappa shape index (κ3) is 4.71. The number of nitrogens with one attached hydrogen (secondary N) is 2. The molecule has 0 unspecified atom stereocenters. The van der Waals surface area contributed by atoms with E-state index in [1.165, 1.54) is 0 Å². The highest BCUT2D eigenvalue weighted by molar-refractivity contribution is 5.96. The Morgan fingerprint density at radius 1 is 1.05 bits per heavy atom. The van der Waals surface area contributed by atoms with Gasteiger partial charge in [-0.25, -0.2) is 0 Å². The summed E-state index contributed by atoms with van der Waals surface area (Å²) < 4.78 is 0. The molecule has 0 radical (unpaired) electrons. The maximum absolute atomic E-state index is 12.1. The van der Waals surface area contributed by atoms with Crippen LogP contribution >= 0.6 is 0 Å². The highest BCUT2D eigenvalue weighted by Crippen LogP contribution is 2.27. The lowest BCUT2D eigenvalue weighted by molar-refractivity contribution is -0.115. The number of hydrogen-bond acceptors (Lipinski definition) is 2. The number of carbonyl (C=O) groups is 1. The number of amides is 1. The predicted octanol–water partition coefficient (Wildman–Crippen LogP) is 4.07. The Bertz CT molecular complexity index is 595. The van der Waals surface area contributed by atoms with Gasteiger partial charge in [0.1, 0.15) is 0 Å². The van der Waals surface area contributed by atoms with Crippen molar-refractivity contribution in [1.29, 1.82) is 0 Å². The van der Waals surface area contributed by atoms with Crippen molar-refractivity contribution < 1.29 is 4.79 Å². The molecule has 0 saturated carbocycles. The third-order valence-electron chi connectivity index (χ3n) is 3.62. The zero-order chi connectivity index (χ0) is 15.8. The molecular weight excluding hydrogens is 272 g/mol. The minimum Gasteiger partial charge on any atom is -0.324 e. The fourth-order valence-corrected chi connectivity index (χ4v) is 2.46. The maximum Gasteiger partial charge on any atom is 0.238 e. The zero-order valence-corrected chi connectivity index (χ0v) is 13.3. The van der Waals surface area contributed by atoms with E-state index in [-0.39, 0.29) is 5.91 Å². The molecule has 1 atom stereocenters. The van der Waals surface area contributed by atoms with Crippen molar-refractivity contribution in [2.75, 3.05) is 11.9 Å². The lowest BCUT2D eigenvalue weighted by Crippen LogP contribution is -2.34. The normalized spacial score (nSPS) is 11.9. The second-order valence-electron chi connectivity index (χ2n) is 5.53. The molecule has 2 aromatic carbocycles. The van der Waals surface area contributed by atoms with Crippen LogP contribution < -0.4 is 10.6 Å². The number of anilines is 1. The summed E-state index contributed by atoms with van der Waals surface area (Å²) in [5.41, 5.74) is 2.99. The Kier molecular flexibility index (Phi) is 6.16. The highest BCUT2D eigenvalue weighted by Gasteiger charge is 2.09. The van der Waals surface area contributed by atoms with Gasteiger partial charge >= 0.3 is 0 Å². The standard InChI is InChI=1S/C19H24N2O/c1-3-9-15(2)20-14-19(22)21-18-13-8-7-12-17(18)16-10-5-4-6-11-16/h4-8,10-13,15,20H,3,9,14H2,1-2H3,(H,21,22)/t15-/m0/s1. The van der Waals surface area contributed by atoms with E-state index >= 15 is 0 Å². The first kappa shape index (κ1) is 16.2. The monoisotopic (exact) mass is 296 g/mol. The van der Waals surface area contributed by atoms with Crippen molar-refractivity contribution >= 4 is 11.6 Å².